The van der Waals surface area contributed by atoms with Crippen molar-refractivity contribution in [2.24, 2.45) is 0 Å². The van der Waals surface area contributed by atoms with Gasteiger partial charge in [-0.2, -0.15) is 0 Å². The summed E-state index contributed by atoms with van der Waals surface area (Å²) in [5.41, 5.74) is 2.08. The van der Waals surface area contributed by atoms with Gasteiger partial charge in [-0.1, -0.05) is 42.8 Å². The molecule has 0 N–H and O–H groups in total. The van der Waals surface area contributed by atoms with Crippen molar-refractivity contribution in [1.82, 2.24) is 4.90 Å². The van der Waals surface area contributed by atoms with Gasteiger partial charge in [-0.3, -0.25) is 9.69 Å². The van der Waals surface area contributed by atoms with Crippen LogP contribution in [0.25, 0.3) is 0 Å². The number of halogens is 1. The molecule has 0 aliphatic heterocycles. The van der Waals surface area contributed by atoms with Crippen LogP contribution in [0.15, 0.2) is 48.5 Å². The number of nitrogens with zero attached hydrogens (tertiary/aromatic N) is 1. The Kier molecular flexibility index (Phi) is 7.29. The molecule has 1 atom stereocenters. The van der Waals surface area contributed by atoms with Crippen molar-refractivity contribution in [3.8, 4) is 5.75 Å². The van der Waals surface area contributed by atoms with Gasteiger partial charge < -0.3 is 9.47 Å². The Labute approximate surface area is 154 Å². The maximum atomic E-state index is 12.0. The van der Waals surface area contributed by atoms with Crippen molar-refractivity contribution in [2.45, 2.75) is 26.0 Å². The Bertz CT molecular complexity index is 688. The number of carbonyl (C=O) groups is 1. The molecule has 0 aliphatic rings. The summed E-state index contributed by atoms with van der Waals surface area (Å²) in [4.78, 5) is 14.0. The highest BCUT2D eigenvalue weighted by Gasteiger charge is 2.23. The van der Waals surface area contributed by atoms with E-state index in [0.717, 1.165) is 23.4 Å². The number of methoxy groups -OCH3 is 1. The van der Waals surface area contributed by atoms with Crippen LogP contribution in [0, 0.1) is 0 Å². The minimum Gasteiger partial charge on any atom is -0.489 e. The summed E-state index contributed by atoms with van der Waals surface area (Å²) in [6, 6.07) is 15.1. The van der Waals surface area contributed by atoms with Crippen LogP contribution < -0.4 is 4.74 Å². The predicted molar refractivity (Wildman–Crippen MR) is 100 cm³/mol. The van der Waals surface area contributed by atoms with Crippen molar-refractivity contribution in [1.29, 1.82) is 0 Å². The second-order valence-corrected chi connectivity index (χ2v) is 6.32. The molecule has 4 nitrogen and oxygen atoms in total. The van der Waals surface area contributed by atoms with E-state index in [-0.39, 0.29) is 12.0 Å². The first kappa shape index (κ1) is 19.3. The standard InChI is InChI=1S/C20H24ClNO3/c1-4-22(2)19(20(23)24-3)13-15-8-10-18(11-9-15)25-14-16-6-5-7-17(21)12-16/h5-12,19H,4,13-14H2,1-3H3/t19-/m0/s1. The van der Waals surface area contributed by atoms with Gasteiger partial charge in [0.15, 0.2) is 0 Å². The Morgan fingerprint density at radius 3 is 2.48 bits per heavy atom. The third-order valence-electron chi connectivity index (χ3n) is 4.15. The number of likely N-dealkylation sites (N-methyl/N-ethyl adjacent to an activating group) is 1. The SMILES string of the molecule is CCN(C)[C@@H](Cc1ccc(OCc2cccc(Cl)c2)cc1)C(=O)OC. The summed E-state index contributed by atoms with van der Waals surface area (Å²) < 4.78 is 10.7. The summed E-state index contributed by atoms with van der Waals surface area (Å²) >= 11 is 5.97. The van der Waals surface area contributed by atoms with Crippen molar-refractivity contribution < 1.29 is 14.3 Å². The number of rotatable bonds is 8. The molecule has 2 aromatic carbocycles. The van der Waals surface area contributed by atoms with Gasteiger partial charge in [0.25, 0.3) is 0 Å². The van der Waals surface area contributed by atoms with E-state index in [1.807, 2.05) is 67.4 Å². The minimum atomic E-state index is -0.284. The third-order valence-corrected chi connectivity index (χ3v) is 4.39. The highest BCUT2D eigenvalue weighted by atomic mass is 35.5. The molecule has 0 bridgehead atoms. The highest BCUT2D eigenvalue weighted by molar-refractivity contribution is 6.30. The van der Waals surface area contributed by atoms with E-state index in [1.54, 1.807) is 0 Å². The summed E-state index contributed by atoms with van der Waals surface area (Å²) in [5, 5.41) is 0.699. The summed E-state index contributed by atoms with van der Waals surface area (Å²) in [5.74, 6) is 0.563. The molecule has 25 heavy (non-hydrogen) atoms. The van der Waals surface area contributed by atoms with E-state index >= 15 is 0 Å². The quantitative estimate of drug-likeness (QED) is 0.667. The second-order valence-electron chi connectivity index (χ2n) is 5.88. The zero-order chi connectivity index (χ0) is 18.2. The minimum absolute atomic E-state index is 0.217. The normalized spacial score (nSPS) is 12.0. The lowest BCUT2D eigenvalue weighted by molar-refractivity contribution is -0.146. The van der Waals surface area contributed by atoms with Gasteiger partial charge in [0.1, 0.15) is 18.4 Å². The molecule has 0 saturated carbocycles. The molecule has 0 fully saturated rings. The average Bonchev–Trinajstić information content (AvgIpc) is 2.64. The van der Waals surface area contributed by atoms with Gasteiger partial charge in [0.2, 0.25) is 0 Å². The smallest absolute Gasteiger partial charge is 0.323 e. The number of hydrogen-bond acceptors (Lipinski definition) is 4. The zero-order valence-corrected chi connectivity index (χ0v) is 15.6. The Morgan fingerprint density at radius 2 is 1.88 bits per heavy atom. The van der Waals surface area contributed by atoms with Crippen LogP contribution in [0.2, 0.25) is 5.02 Å². The average molecular weight is 362 g/mol. The van der Waals surface area contributed by atoms with Gasteiger partial charge in [-0.05, 0) is 55.4 Å². The number of esters is 1. The highest BCUT2D eigenvalue weighted by Crippen LogP contribution is 2.18. The summed E-state index contributed by atoms with van der Waals surface area (Å²) in [6.45, 7) is 3.26. The van der Waals surface area contributed by atoms with Crippen LogP contribution in [0.4, 0.5) is 0 Å². The number of ether oxygens (including phenoxy) is 2. The summed E-state index contributed by atoms with van der Waals surface area (Å²) in [6.07, 6.45) is 0.603. The molecule has 0 saturated heterocycles. The Balaban J connectivity index is 1.97. The lowest BCUT2D eigenvalue weighted by atomic mass is 10.0. The molecule has 0 aliphatic carbocycles. The molecule has 5 heteroatoms. The van der Waals surface area contributed by atoms with Crippen molar-refractivity contribution in [3.05, 3.63) is 64.7 Å². The predicted octanol–water partition coefficient (Wildman–Crippen LogP) is 3.95. The maximum Gasteiger partial charge on any atom is 0.323 e. The Hall–Kier alpha value is -2.04. The Morgan fingerprint density at radius 1 is 1.16 bits per heavy atom. The van der Waals surface area contributed by atoms with Crippen LogP contribution in [-0.2, 0) is 22.6 Å². The lowest BCUT2D eigenvalue weighted by Crippen LogP contribution is -2.40. The fourth-order valence-electron chi connectivity index (χ4n) is 2.51. The van der Waals surface area contributed by atoms with Crippen LogP contribution >= 0.6 is 11.6 Å². The van der Waals surface area contributed by atoms with Gasteiger partial charge in [0.05, 0.1) is 7.11 Å². The first-order valence-electron chi connectivity index (χ1n) is 8.27. The van der Waals surface area contributed by atoms with E-state index in [0.29, 0.717) is 18.1 Å². The number of carbonyl (C=O) groups excluding carboxylic acids is 1. The molecule has 2 aromatic rings. The van der Waals surface area contributed by atoms with Crippen molar-refractivity contribution >= 4 is 17.6 Å². The number of hydrogen-bond donors (Lipinski definition) is 0. The molecule has 2 rings (SSSR count). The molecule has 0 radical (unpaired) electrons. The van der Waals surface area contributed by atoms with Gasteiger partial charge >= 0.3 is 5.97 Å². The van der Waals surface area contributed by atoms with E-state index in [9.17, 15) is 4.79 Å². The van der Waals surface area contributed by atoms with E-state index in [4.69, 9.17) is 21.1 Å². The number of benzene rings is 2. The maximum absolute atomic E-state index is 12.0. The molecular formula is C20H24ClNO3. The van der Waals surface area contributed by atoms with Crippen LogP contribution in [0.5, 0.6) is 5.75 Å². The van der Waals surface area contributed by atoms with E-state index in [1.165, 1.54) is 7.11 Å². The van der Waals surface area contributed by atoms with Crippen LogP contribution in [0.1, 0.15) is 18.1 Å². The lowest BCUT2D eigenvalue weighted by Gasteiger charge is -2.24. The van der Waals surface area contributed by atoms with E-state index in [2.05, 4.69) is 0 Å². The van der Waals surface area contributed by atoms with Crippen LogP contribution in [-0.4, -0.2) is 37.6 Å². The first-order valence-corrected chi connectivity index (χ1v) is 8.65. The molecule has 0 aromatic heterocycles. The van der Waals surface area contributed by atoms with Gasteiger partial charge in [-0.15, -0.1) is 0 Å². The fourth-order valence-corrected chi connectivity index (χ4v) is 2.73. The molecule has 0 heterocycles. The van der Waals surface area contributed by atoms with E-state index < -0.39 is 0 Å². The molecule has 134 valence electrons. The van der Waals surface area contributed by atoms with Gasteiger partial charge in [-0.25, -0.2) is 0 Å². The monoisotopic (exact) mass is 361 g/mol. The van der Waals surface area contributed by atoms with Crippen molar-refractivity contribution in [2.75, 3.05) is 20.7 Å². The molecule has 0 spiro atoms. The molecule has 0 unspecified atom stereocenters. The van der Waals surface area contributed by atoms with Crippen molar-refractivity contribution in [3.63, 3.8) is 0 Å². The summed E-state index contributed by atoms with van der Waals surface area (Å²) in [7, 11) is 3.34. The zero-order valence-electron chi connectivity index (χ0n) is 14.9. The largest absolute Gasteiger partial charge is 0.489 e. The van der Waals surface area contributed by atoms with Gasteiger partial charge in [0, 0.05) is 5.02 Å². The molecule has 0 amide bonds. The third kappa shape index (κ3) is 5.76. The topological polar surface area (TPSA) is 38.8 Å². The first-order chi connectivity index (χ1) is 12.0. The second kappa shape index (κ2) is 9.44. The molecular weight excluding hydrogens is 338 g/mol. The van der Waals surface area contributed by atoms with Crippen LogP contribution in [0.3, 0.4) is 0 Å². The fraction of sp³-hybridized carbons (Fsp3) is 0.350.